The van der Waals surface area contributed by atoms with Crippen LogP contribution in [-0.4, -0.2) is 25.5 Å². The first-order chi connectivity index (χ1) is 8.15. The molecule has 0 bridgehead atoms. The Bertz CT molecular complexity index is 412. The molecule has 0 spiro atoms. The Morgan fingerprint density at radius 1 is 1.35 bits per heavy atom. The number of benzene rings is 1. The lowest BCUT2D eigenvalue weighted by Gasteiger charge is -2.06. The van der Waals surface area contributed by atoms with Gasteiger partial charge in [-0.25, -0.2) is 0 Å². The van der Waals surface area contributed by atoms with Crippen molar-refractivity contribution in [1.29, 1.82) is 0 Å². The number of hydrogen-bond donors (Lipinski definition) is 2. The second-order valence-electron chi connectivity index (χ2n) is 3.20. The Labute approximate surface area is 99.5 Å². The van der Waals surface area contributed by atoms with E-state index in [0.29, 0.717) is 11.4 Å². The summed E-state index contributed by atoms with van der Waals surface area (Å²) in [6.45, 7) is 3.20. The zero-order chi connectivity index (χ0) is 12.7. The quantitative estimate of drug-likeness (QED) is 0.745. The molecule has 5 heteroatoms. The molecule has 2 amide bonds. The van der Waals surface area contributed by atoms with Crippen molar-refractivity contribution in [2.24, 2.45) is 0 Å². The van der Waals surface area contributed by atoms with E-state index in [1.54, 1.807) is 31.4 Å². The smallest absolute Gasteiger partial charge is 0.243 e. The fourth-order valence-electron chi connectivity index (χ4n) is 1.12. The van der Waals surface area contributed by atoms with E-state index in [1.807, 2.05) is 0 Å². The van der Waals surface area contributed by atoms with Crippen LogP contribution in [0.2, 0.25) is 0 Å². The minimum absolute atomic E-state index is 0.0864. The van der Waals surface area contributed by atoms with Crippen molar-refractivity contribution in [2.75, 3.05) is 19.0 Å². The first kappa shape index (κ1) is 12.8. The van der Waals surface area contributed by atoms with Crippen molar-refractivity contribution in [1.82, 2.24) is 5.32 Å². The maximum atomic E-state index is 11.4. The van der Waals surface area contributed by atoms with Gasteiger partial charge in [0.1, 0.15) is 5.75 Å². The highest BCUT2D eigenvalue weighted by Crippen LogP contribution is 2.14. The van der Waals surface area contributed by atoms with Gasteiger partial charge in [0, 0.05) is 5.69 Å². The third kappa shape index (κ3) is 4.38. The van der Waals surface area contributed by atoms with Crippen molar-refractivity contribution >= 4 is 17.5 Å². The van der Waals surface area contributed by atoms with Gasteiger partial charge in [-0.05, 0) is 30.3 Å². The van der Waals surface area contributed by atoms with Crippen LogP contribution >= 0.6 is 0 Å². The lowest BCUT2D eigenvalue weighted by atomic mass is 10.3. The molecule has 0 saturated carbocycles. The Hall–Kier alpha value is -2.30. The number of ether oxygens (including phenoxy) is 1. The predicted molar refractivity (Wildman–Crippen MR) is 64.8 cm³/mol. The summed E-state index contributed by atoms with van der Waals surface area (Å²) in [5.41, 5.74) is 0.642. The van der Waals surface area contributed by atoms with Gasteiger partial charge in [-0.2, -0.15) is 0 Å². The van der Waals surface area contributed by atoms with E-state index in [9.17, 15) is 9.59 Å². The normalized spacial score (nSPS) is 9.24. The molecule has 1 aromatic rings. The van der Waals surface area contributed by atoms with Crippen LogP contribution < -0.4 is 15.4 Å². The van der Waals surface area contributed by atoms with Gasteiger partial charge in [-0.1, -0.05) is 6.58 Å². The van der Waals surface area contributed by atoms with Gasteiger partial charge in [-0.15, -0.1) is 0 Å². The monoisotopic (exact) mass is 234 g/mol. The van der Waals surface area contributed by atoms with Crippen molar-refractivity contribution in [3.8, 4) is 5.75 Å². The summed E-state index contributed by atoms with van der Waals surface area (Å²) in [6.07, 6.45) is 1.11. The summed E-state index contributed by atoms with van der Waals surface area (Å²) in [6, 6.07) is 6.90. The molecule has 0 aliphatic carbocycles. The molecule has 0 unspecified atom stereocenters. The van der Waals surface area contributed by atoms with Crippen molar-refractivity contribution in [3.63, 3.8) is 0 Å². The molecule has 90 valence electrons. The van der Waals surface area contributed by atoms with E-state index in [2.05, 4.69) is 17.2 Å². The third-order valence-corrected chi connectivity index (χ3v) is 1.98. The van der Waals surface area contributed by atoms with Crippen LogP contribution in [0.1, 0.15) is 0 Å². The average molecular weight is 234 g/mol. The molecule has 0 atom stereocenters. The van der Waals surface area contributed by atoms with E-state index < -0.39 is 0 Å². The van der Waals surface area contributed by atoms with Crippen LogP contribution in [0.25, 0.3) is 0 Å². The predicted octanol–water partition coefficient (Wildman–Crippen LogP) is 0.936. The molecular weight excluding hydrogens is 220 g/mol. The third-order valence-electron chi connectivity index (χ3n) is 1.98. The second-order valence-corrected chi connectivity index (χ2v) is 3.20. The standard InChI is InChI=1S/C12H14N2O3/c1-3-11(15)13-8-12(16)14-9-4-6-10(17-2)7-5-9/h3-7H,1,8H2,2H3,(H,13,15)(H,14,16). The maximum Gasteiger partial charge on any atom is 0.243 e. The molecule has 2 N–H and O–H groups in total. The number of nitrogens with one attached hydrogen (secondary N) is 2. The Kier molecular flexibility index (Phi) is 4.75. The summed E-state index contributed by atoms with van der Waals surface area (Å²) in [4.78, 5) is 22.2. The first-order valence-electron chi connectivity index (χ1n) is 5.00. The SMILES string of the molecule is C=CC(=O)NCC(=O)Nc1ccc(OC)cc1. The van der Waals surface area contributed by atoms with Gasteiger partial charge in [0.25, 0.3) is 0 Å². The Morgan fingerprint density at radius 2 is 2.00 bits per heavy atom. The van der Waals surface area contributed by atoms with Crippen molar-refractivity contribution in [2.45, 2.75) is 0 Å². The van der Waals surface area contributed by atoms with Crippen LogP contribution in [0, 0.1) is 0 Å². The topological polar surface area (TPSA) is 67.4 Å². The minimum atomic E-state index is -0.380. The van der Waals surface area contributed by atoms with Crippen LogP contribution in [-0.2, 0) is 9.59 Å². The second kappa shape index (κ2) is 6.32. The largest absolute Gasteiger partial charge is 0.497 e. The van der Waals surface area contributed by atoms with Gasteiger partial charge in [-0.3, -0.25) is 9.59 Å². The van der Waals surface area contributed by atoms with E-state index in [1.165, 1.54) is 0 Å². The van der Waals surface area contributed by atoms with E-state index in [4.69, 9.17) is 4.74 Å². The molecule has 0 aliphatic heterocycles. The molecule has 0 saturated heterocycles. The van der Waals surface area contributed by atoms with Crippen LogP contribution in [0.3, 0.4) is 0 Å². The molecule has 0 fully saturated rings. The molecule has 1 rings (SSSR count). The fourth-order valence-corrected chi connectivity index (χ4v) is 1.12. The van der Waals surface area contributed by atoms with Gasteiger partial charge in [0.15, 0.2) is 0 Å². The zero-order valence-electron chi connectivity index (χ0n) is 9.53. The summed E-state index contributed by atoms with van der Waals surface area (Å²) in [5.74, 6) is 0.0307. The highest BCUT2D eigenvalue weighted by Gasteiger charge is 2.03. The summed E-state index contributed by atoms with van der Waals surface area (Å²) < 4.78 is 4.99. The van der Waals surface area contributed by atoms with Crippen LogP contribution in [0.15, 0.2) is 36.9 Å². The lowest BCUT2D eigenvalue weighted by Crippen LogP contribution is -2.31. The van der Waals surface area contributed by atoms with Gasteiger partial charge in [0.2, 0.25) is 11.8 Å². The van der Waals surface area contributed by atoms with Crippen molar-refractivity contribution < 1.29 is 14.3 Å². The highest BCUT2D eigenvalue weighted by atomic mass is 16.5. The van der Waals surface area contributed by atoms with E-state index >= 15 is 0 Å². The number of carbonyl (C=O) groups is 2. The molecule has 17 heavy (non-hydrogen) atoms. The van der Waals surface area contributed by atoms with Crippen molar-refractivity contribution in [3.05, 3.63) is 36.9 Å². The number of amides is 2. The van der Waals surface area contributed by atoms with E-state index in [-0.39, 0.29) is 18.4 Å². The van der Waals surface area contributed by atoms with Gasteiger partial charge in [0.05, 0.1) is 13.7 Å². The molecule has 5 nitrogen and oxygen atoms in total. The Balaban J connectivity index is 2.44. The molecular formula is C12H14N2O3. The first-order valence-corrected chi connectivity index (χ1v) is 5.00. The summed E-state index contributed by atoms with van der Waals surface area (Å²) in [7, 11) is 1.57. The number of carbonyl (C=O) groups excluding carboxylic acids is 2. The average Bonchev–Trinajstić information content (AvgIpc) is 2.36. The minimum Gasteiger partial charge on any atom is -0.497 e. The molecule has 0 radical (unpaired) electrons. The molecule has 0 aliphatic rings. The van der Waals surface area contributed by atoms with E-state index in [0.717, 1.165) is 6.08 Å². The molecule has 0 heterocycles. The number of hydrogen-bond acceptors (Lipinski definition) is 3. The summed E-state index contributed by atoms with van der Waals surface area (Å²) in [5, 5.41) is 5.01. The zero-order valence-corrected chi connectivity index (χ0v) is 9.53. The number of methoxy groups -OCH3 is 1. The van der Waals surface area contributed by atoms with Gasteiger partial charge >= 0.3 is 0 Å². The van der Waals surface area contributed by atoms with Gasteiger partial charge < -0.3 is 15.4 Å². The molecule has 1 aromatic carbocycles. The molecule has 0 aromatic heterocycles. The lowest BCUT2D eigenvalue weighted by molar-refractivity contribution is -0.121. The Morgan fingerprint density at radius 3 is 2.53 bits per heavy atom. The fraction of sp³-hybridized carbons (Fsp3) is 0.167. The maximum absolute atomic E-state index is 11.4. The van der Waals surface area contributed by atoms with Crippen LogP contribution in [0.5, 0.6) is 5.75 Å². The number of anilines is 1. The number of rotatable bonds is 5. The summed E-state index contributed by atoms with van der Waals surface area (Å²) >= 11 is 0. The highest BCUT2D eigenvalue weighted by molar-refractivity contribution is 5.96. The van der Waals surface area contributed by atoms with Crippen LogP contribution in [0.4, 0.5) is 5.69 Å².